The van der Waals surface area contributed by atoms with Gasteiger partial charge in [-0.05, 0) is 68.3 Å². The van der Waals surface area contributed by atoms with E-state index in [2.05, 4.69) is 6.07 Å². The highest BCUT2D eigenvalue weighted by atomic mass is 32.2. The lowest BCUT2D eigenvalue weighted by atomic mass is 10.1. The van der Waals surface area contributed by atoms with Crippen molar-refractivity contribution in [3.8, 4) is 11.8 Å². The quantitative estimate of drug-likeness (QED) is 0.259. The summed E-state index contributed by atoms with van der Waals surface area (Å²) < 4.78 is 1.59. The van der Waals surface area contributed by atoms with Gasteiger partial charge in [0, 0.05) is 12.2 Å². The molecule has 1 unspecified atom stereocenters. The molecule has 0 spiro atoms. The van der Waals surface area contributed by atoms with Gasteiger partial charge in [-0.3, -0.25) is 14.2 Å². The number of carbonyl (C=O) groups is 1. The molecule has 7 heteroatoms. The van der Waals surface area contributed by atoms with E-state index in [1.807, 2.05) is 74.5 Å². The zero-order valence-electron chi connectivity index (χ0n) is 19.9. The third kappa shape index (κ3) is 5.13. The Morgan fingerprint density at radius 3 is 2.49 bits per heavy atom. The van der Waals surface area contributed by atoms with Gasteiger partial charge in [-0.25, -0.2) is 4.98 Å². The maximum Gasteiger partial charge on any atom is 0.266 e. The number of aromatic nitrogens is 2. The molecule has 0 saturated carbocycles. The SMILES string of the molecule is Cc1ccc(-n2c(SC(C)C(=O)N(CCC#N)c3ccccc3)nc3ccccc3c2=O)cc1C. The summed E-state index contributed by atoms with van der Waals surface area (Å²) in [7, 11) is 0. The van der Waals surface area contributed by atoms with Crippen molar-refractivity contribution in [2.75, 3.05) is 11.4 Å². The molecule has 4 aromatic rings. The summed E-state index contributed by atoms with van der Waals surface area (Å²) in [5.41, 5.74) is 4.05. The highest BCUT2D eigenvalue weighted by Crippen LogP contribution is 2.28. The summed E-state index contributed by atoms with van der Waals surface area (Å²) in [6, 6.07) is 24.5. The number of hydrogen-bond acceptors (Lipinski definition) is 5. The zero-order chi connectivity index (χ0) is 24.9. The van der Waals surface area contributed by atoms with Crippen molar-refractivity contribution in [2.45, 2.75) is 37.6 Å². The average molecular weight is 483 g/mol. The Labute approximate surface area is 208 Å². The minimum absolute atomic E-state index is 0.148. The molecule has 1 heterocycles. The minimum Gasteiger partial charge on any atom is -0.310 e. The highest BCUT2D eigenvalue weighted by molar-refractivity contribution is 8.00. The predicted octanol–water partition coefficient (Wildman–Crippen LogP) is 5.43. The van der Waals surface area contributed by atoms with Crippen molar-refractivity contribution < 1.29 is 4.79 Å². The number of nitriles is 1. The lowest BCUT2D eigenvalue weighted by Gasteiger charge is -2.25. The van der Waals surface area contributed by atoms with Gasteiger partial charge in [0.2, 0.25) is 5.91 Å². The van der Waals surface area contributed by atoms with Gasteiger partial charge >= 0.3 is 0 Å². The molecule has 4 rings (SSSR count). The molecule has 1 atom stereocenters. The Bertz CT molecular complexity index is 1470. The van der Waals surface area contributed by atoms with E-state index >= 15 is 0 Å². The van der Waals surface area contributed by atoms with E-state index in [9.17, 15) is 9.59 Å². The average Bonchev–Trinajstić information content (AvgIpc) is 2.87. The molecule has 0 fully saturated rings. The first-order chi connectivity index (χ1) is 16.9. The van der Waals surface area contributed by atoms with Gasteiger partial charge in [0.25, 0.3) is 5.56 Å². The minimum atomic E-state index is -0.542. The second-order valence-electron chi connectivity index (χ2n) is 8.31. The van der Waals surface area contributed by atoms with E-state index in [-0.39, 0.29) is 17.9 Å². The lowest BCUT2D eigenvalue weighted by molar-refractivity contribution is -0.117. The number of para-hydroxylation sites is 2. The molecule has 0 radical (unpaired) electrons. The van der Waals surface area contributed by atoms with E-state index in [4.69, 9.17) is 10.2 Å². The van der Waals surface area contributed by atoms with E-state index in [1.54, 1.807) is 28.5 Å². The summed E-state index contributed by atoms with van der Waals surface area (Å²) in [5, 5.41) is 9.54. The van der Waals surface area contributed by atoms with E-state index < -0.39 is 5.25 Å². The number of fused-ring (bicyclic) bond motifs is 1. The summed E-state index contributed by atoms with van der Waals surface area (Å²) in [5.74, 6) is -0.148. The topological polar surface area (TPSA) is 79.0 Å². The van der Waals surface area contributed by atoms with Gasteiger partial charge in [-0.1, -0.05) is 48.2 Å². The van der Waals surface area contributed by atoms with Crippen LogP contribution in [0.2, 0.25) is 0 Å². The van der Waals surface area contributed by atoms with Gasteiger partial charge in [0.15, 0.2) is 5.16 Å². The summed E-state index contributed by atoms with van der Waals surface area (Å²) in [6.07, 6.45) is 0.222. The fourth-order valence-corrected chi connectivity index (χ4v) is 4.84. The van der Waals surface area contributed by atoms with Crippen molar-refractivity contribution in [2.24, 2.45) is 0 Å². The van der Waals surface area contributed by atoms with Crippen LogP contribution in [0.25, 0.3) is 16.6 Å². The Hall–Kier alpha value is -3.89. The van der Waals surface area contributed by atoms with Gasteiger partial charge in [0.1, 0.15) is 0 Å². The maximum atomic E-state index is 13.6. The number of carbonyl (C=O) groups excluding carboxylic acids is 1. The van der Waals surface area contributed by atoms with E-state index in [1.165, 1.54) is 11.8 Å². The fraction of sp³-hybridized carbons (Fsp3) is 0.214. The molecule has 0 bridgehead atoms. The second-order valence-corrected chi connectivity index (χ2v) is 9.62. The third-order valence-electron chi connectivity index (χ3n) is 5.90. The maximum absolute atomic E-state index is 13.6. The van der Waals surface area contributed by atoms with Crippen LogP contribution in [-0.2, 0) is 4.79 Å². The summed E-state index contributed by atoms with van der Waals surface area (Å²) in [6.45, 7) is 6.13. The Morgan fingerprint density at radius 1 is 1.06 bits per heavy atom. The number of hydrogen-bond donors (Lipinski definition) is 0. The molecule has 6 nitrogen and oxygen atoms in total. The predicted molar refractivity (Wildman–Crippen MR) is 141 cm³/mol. The van der Waals surface area contributed by atoms with Crippen molar-refractivity contribution in [3.05, 3.63) is 94.3 Å². The summed E-state index contributed by atoms with van der Waals surface area (Å²) in [4.78, 5) is 33.5. The molecule has 0 N–H and O–H groups in total. The zero-order valence-corrected chi connectivity index (χ0v) is 20.7. The van der Waals surface area contributed by atoms with Crippen molar-refractivity contribution in [1.29, 1.82) is 5.26 Å². The monoisotopic (exact) mass is 482 g/mol. The van der Waals surface area contributed by atoms with Crippen LogP contribution in [0, 0.1) is 25.2 Å². The lowest BCUT2D eigenvalue weighted by Crippen LogP contribution is -2.37. The Balaban J connectivity index is 1.77. The molecule has 35 heavy (non-hydrogen) atoms. The number of amides is 1. The first kappa shape index (κ1) is 24.2. The number of benzene rings is 3. The van der Waals surface area contributed by atoms with Crippen molar-refractivity contribution in [3.63, 3.8) is 0 Å². The first-order valence-corrected chi connectivity index (χ1v) is 12.3. The molecule has 0 saturated heterocycles. The van der Waals surface area contributed by atoms with Gasteiger partial charge in [0.05, 0.1) is 34.3 Å². The fourth-order valence-electron chi connectivity index (χ4n) is 3.85. The Kier molecular flexibility index (Phi) is 7.33. The normalized spacial score (nSPS) is 11.7. The van der Waals surface area contributed by atoms with Crippen molar-refractivity contribution in [1.82, 2.24) is 9.55 Å². The third-order valence-corrected chi connectivity index (χ3v) is 6.94. The van der Waals surface area contributed by atoms with E-state index in [0.29, 0.717) is 28.3 Å². The molecule has 0 aliphatic carbocycles. The van der Waals surface area contributed by atoms with Gasteiger partial charge in [-0.15, -0.1) is 0 Å². The first-order valence-electron chi connectivity index (χ1n) is 11.4. The van der Waals surface area contributed by atoms with Crippen LogP contribution in [0.1, 0.15) is 24.5 Å². The number of thioether (sulfide) groups is 1. The molecule has 3 aromatic carbocycles. The summed E-state index contributed by atoms with van der Waals surface area (Å²) >= 11 is 1.25. The molecule has 1 amide bonds. The van der Waals surface area contributed by atoms with Crippen LogP contribution in [0.15, 0.2) is 82.7 Å². The highest BCUT2D eigenvalue weighted by Gasteiger charge is 2.25. The van der Waals surface area contributed by atoms with Crippen LogP contribution in [-0.4, -0.2) is 27.3 Å². The van der Waals surface area contributed by atoms with Crippen LogP contribution in [0.3, 0.4) is 0 Å². The second kappa shape index (κ2) is 10.6. The molecular weight excluding hydrogens is 456 g/mol. The number of nitrogens with zero attached hydrogens (tertiary/aromatic N) is 4. The van der Waals surface area contributed by atoms with Crippen LogP contribution < -0.4 is 10.5 Å². The molecule has 0 aliphatic heterocycles. The molecular formula is C28H26N4O2S. The van der Waals surface area contributed by atoms with Crippen LogP contribution in [0.4, 0.5) is 5.69 Å². The van der Waals surface area contributed by atoms with Crippen molar-refractivity contribution >= 4 is 34.3 Å². The molecule has 176 valence electrons. The van der Waals surface area contributed by atoms with Crippen LogP contribution in [0.5, 0.6) is 0 Å². The smallest absolute Gasteiger partial charge is 0.266 e. The largest absolute Gasteiger partial charge is 0.310 e. The Morgan fingerprint density at radius 2 is 1.77 bits per heavy atom. The molecule has 0 aliphatic rings. The van der Waals surface area contributed by atoms with Gasteiger partial charge in [-0.2, -0.15) is 5.26 Å². The number of aryl methyl sites for hydroxylation is 2. The van der Waals surface area contributed by atoms with E-state index in [0.717, 1.165) is 16.8 Å². The number of rotatable bonds is 7. The molecule has 1 aromatic heterocycles. The standard InChI is InChI=1S/C28H26N4O2S/c1-19-14-15-23(18-20(19)2)32-27(34)24-12-7-8-13-25(24)30-28(32)35-21(3)26(33)31(17-9-16-29)22-10-5-4-6-11-22/h4-8,10-15,18,21H,9,17H2,1-3H3. The number of anilines is 1. The van der Waals surface area contributed by atoms with Gasteiger partial charge < -0.3 is 4.90 Å². The van der Waals surface area contributed by atoms with Crippen LogP contribution >= 0.6 is 11.8 Å².